The lowest BCUT2D eigenvalue weighted by Gasteiger charge is -2.44. The van der Waals surface area contributed by atoms with E-state index in [1.807, 2.05) is 86.3 Å². The summed E-state index contributed by atoms with van der Waals surface area (Å²) < 4.78 is 0. The summed E-state index contributed by atoms with van der Waals surface area (Å²) in [7, 11) is 0. The molecular weight excluding hydrogens is 416 g/mol. The molecule has 2 aliphatic heterocycles. The summed E-state index contributed by atoms with van der Waals surface area (Å²) in [6, 6.07) is 19.1. The Labute approximate surface area is 195 Å². The number of carbonyl (C=O) groups is 3. The van der Waals surface area contributed by atoms with Crippen LogP contribution in [0.25, 0.3) is 0 Å². The van der Waals surface area contributed by atoms with Crippen molar-refractivity contribution < 1.29 is 14.4 Å². The molecule has 2 aromatic carbocycles. The molecule has 0 unspecified atom stereocenters. The van der Waals surface area contributed by atoms with Crippen molar-refractivity contribution in [2.45, 2.75) is 39.2 Å². The van der Waals surface area contributed by atoms with Crippen LogP contribution in [0.5, 0.6) is 0 Å². The Hall–Kier alpha value is -3.35. The van der Waals surface area contributed by atoms with Crippen LogP contribution in [0.3, 0.4) is 0 Å². The van der Waals surface area contributed by atoms with E-state index in [1.165, 1.54) is 0 Å². The Balaban J connectivity index is 1.54. The van der Waals surface area contributed by atoms with Gasteiger partial charge in [0.15, 0.2) is 0 Å². The molecule has 2 saturated heterocycles. The fourth-order valence-corrected chi connectivity index (χ4v) is 4.77. The molecule has 1 N–H and O–H groups in total. The van der Waals surface area contributed by atoms with Gasteiger partial charge in [-0.1, -0.05) is 57.2 Å². The number of hydrogen-bond acceptors (Lipinski definition) is 4. The number of nitrogens with zero attached hydrogens (tertiary/aromatic N) is 3. The van der Waals surface area contributed by atoms with Gasteiger partial charge in [-0.25, -0.2) is 0 Å². The number of nitrogens with one attached hydrogen (secondary N) is 1. The average Bonchev–Trinajstić information content (AvgIpc) is 3.06. The highest BCUT2D eigenvalue weighted by molar-refractivity contribution is 5.99. The van der Waals surface area contributed by atoms with E-state index in [9.17, 15) is 14.4 Å². The van der Waals surface area contributed by atoms with Crippen LogP contribution in [0.15, 0.2) is 60.7 Å². The smallest absolute Gasteiger partial charge is 0.250 e. The van der Waals surface area contributed by atoms with Crippen LogP contribution < -0.4 is 10.2 Å². The molecular formula is C26H32N4O3. The van der Waals surface area contributed by atoms with Gasteiger partial charge in [0.05, 0.1) is 6.67 Å². The Kier molecular flexibility index (Phi) is 6.15. The SMILES string of the molecule is CC(C)(C)C(=O)N1CCC2(CC1)C(=O)N(CC(=O)Nc1ccccc1)CN2c1ccccc1. The van der Waals surface area contributed by atoms with Crippen molar-refractivity contribution in [3.05, 3.63) is 60.7 Å². The predicted molar refractivity (Wildman–Crippen MR) is 129 cm³/mol. The van der Waals surface area contributed by atoms with Crippen molar-refractivity contribution in [3.8, 4) is 0 Å². The minimum absolute atomic E-state index is 0.0105. The van der Waals surface area contributed by atoms with Crippen molar-refractivity contribution in [3.63, 3.8) is 0 Å². The van der Waals surface area contributed by atoms with E-state index in [0.29, 0.717) is 38.3 Å². The number of para-hydroxylation sites is 2. The third-order valence-electron chi connectivity index (χ3n) is 6.49. The number of carbonyl (C=O) groups excluding carboxylic acids is 3. The van der Waals surface area contributed by atoms with Gasteiger partial charge in [-0.05, 0) is 37.1 Å². The summed E-state index contributed by atoms with van der Waals surface area (Å²) >= 11 is 0. The number of anilines is 2. The van der Waals surface area contributed by atoms with E-state index < -0.39 is 11.0 Å². The minimum Gasteiger partial charge on any atom is -0.342 e. The van der Waals surface area contributed by atoms with Crippen LogP contribution in [-0.4, -0.2) is 59.4 Å². The van der Waals surface area contributed by atoms with E-state index in [4.69, 9.17) is 0 Å². The lowest BCUT2D eigenvalue weighted by Crippen LogP contribution is -2.58. The van der Waals surface area contributed by atoms with E-state index in [0.717, 1.165) is 5.69 Å². The summed E-state index contributed by atoms with van der Waals surface area (Å²) in [5, 5.41) is 2.87. The number of piperidine rings is 1. The maximum atomic E-state index is 13.7. The van der Waals surface area contributed by atoms with Crippen LogP contribution in [0.2, 0.25) is 0 Å². The van der Waals surface area contributed by atoms with E-state index in [1.54, 1.807) is 4.90 Å². The zero-order valence-electron chi connectivity index (χ0n) is 19.6. The molecule has 2 aromatic rings. The molecule has 7 heteroatoms. The molecule has 0 saturated carbocycles. The molecule has 2 fully saturated rings. The standard InChI is InChI=1S/C26H32N4O3/c1-25(2,3)23(32)28-16-14-26(15-17-28)24(33)29(19-30(26)21-12-8-5-9-13-21)18-22(31)27-20-10-6-4-7-11-20/h4-13H,14-19H2,1-3H3,(H,27,31). The molecule has 0 radical (unpaired) electrons. The van der Waals surface area contributed by atoms with Gasteiger partial charge in [0.25, 0.3) is 5.91 Å². The number of rotatable bonds is 4. The first-order valence-corrected chi connectivity index (χ1v) is 11.5. The molecule has 33 heavy (non-hydrogen) atoms. The fourth-order valence-electron chi connectivity index (χ4n) is 4.77. The van der Waals surface area contributed by atoms with Crippen LogP contribution in [0.1, 0.15) is 33.6 Å². The normalized spacial score (nSPS) is 18.0. The average molecular weight is 449 g/mol. The van der Waals surface area contributed by atoms with Gasteiger partial charge in [-0.15, -0.1) is 0 Å². The van der Waals surface area contributed by atoms with Gasteiger partial charge in [-0.2, -0.15) is 0 Å². The molecule has 1 spiro atoms. The largest absolute Gasteiger partial charge is 0.342 e. The molecule has 4 rings (SSSR count). The monoisotopic (exact) mass is 448 g/mol. The summed E-state index contributed by atoms with van der Waals surface area (Å²) in [4.78, 5) is 44.8. The molecule has 0 aromatic heterocycles. The quantitative estimate of drug-likeness (QED) is 0.779. The van der Waals surface area contributed by atoms with Gasteiger partial charge < -0.3 is 20.0 Å². The molecule has 7 nitrogen and oxygen atoms in total. The Morgan fingerprint density at radius 3 is 2.09 bits per heavy atom. The van der Waals surface area contributed by atoms with Crippen LogP contribution in [0.4, 0.5) is 11.4 Å². The number of benzene rings is 2. The fraction of sp³-hybridized carbons (Fsp3) is 0.423. The summed E-state index contributed by atoms with van der Waals surface area (Å²) in [6.07, 6.45) is 1.08. The van der Waals surface area contributed by atoms with Crippen molar-refractivity contribution in [1.82, 2.24) is 9.80 Å². The van der Waals surface area contributed by atoms with Crippen LogP contribution in [0, 0.1) is 5.41 Å². The van der Waals surface area contributed by atoms with Crippen molar-refractivity contribution in [2.75, 3.05) is 36.5 Å². The second kappa shape index (κ2) is 8.89. The number of amides is 3. The van der Waals surface area contributed by atoms with Crippen molar-refractivity contribution in [1.29, 1.82) is 0 Å². The van der Waals surface area contributed by atoms with Crippen LogP contribution >= 0.6 is 0 Å². The van der Waals surface area contributed by atoms with E-state index in [2.05, 4.69) is 10.2 Å². The second-order valence-corrected chi connectivity index (χ2v) is 9.90. The summed E-state index contributed by atoms with van der Waals surface area (Å²) in [5.74, 6) is -0.162. The molecule has 0 atom stereocenters. The van der Waals surface area contributed by atoms with E-state index in [-0.39, 0.29) is 24.3 Å². The molecule has 2 aliphatic rings. The lowest BCUT2D eigenvalue weighted by atomic mass is 9.84. The molecule has 174 valence electrons. The Bertz CT molecular complexity index is 1010. The Morgan fingerprint density at radius 1 is 0.939 bits per heavy atom. The van der Waals surface area contributed by atoms with Gasteiger partial charge in [0.2, 0.25) is 11.8 Å². The van der Waals surface area contributed by atoms with Crippen LogP contribution in [-0.2, 0) is 14.4 Å². The highest BCUT2D eigenvalue weighted by Crippen LogP contribution is 2.40. The van der Waals surface area contributed by atoms with Crippen molar-refractivity contribution >= 4 is 29.1 Å². The summed E-state index contributed by atoms with van der Waals surface area (Å²) in [5.41, 5.74) is 0.457. The topological polar surface area (TPSA) is 73.0 Å². The first-order valence-electron chi connectivity index (χ1n) is 11.5. The minimum atomic E-state index is -0.747. The predicted octanol–water partition coefficient (Wildman–Crippen LogP) is 3.34. The van der Waals surface area contributed by atoms with E-state index >= 15 is 0 Å². The highest BCUT2D eigenvalue weighted by Gasteiger charge is 2.54. The Morgan fingerprint density at radius 2 is 1.52 bits per heavy atom. The summed E-state index contributed by atoms with van der Waals surface area (Å²) in [6.45, 7) is 7.14. The van der Waals surface area contributed by atoms with Gasteiger partial charge in [0, 0.05) is 29.9 Å². The molecule has 2 heterocycles. The second-order valence-electron chi connectivity index (χ2n) is 9.90. The zero-order valence-corrected chi connectivity index (χ0v) is 19.6. The highest BCUT2D eigenvalue weighted by atomic mass is 16.2. The number of likely N-dealkylation sites (tertiary alicyclic amines) is 1. The third kappa shape index (κ3) is 4.58. The first-order chi connectivity index (χ1) is 15.7. The molecule has 0 aliphatic carbocycles. The molecule has 0 bridgehead atoms. The van der Waals surface area contributed by atoms with Gasteiger partial charge >= 0.3 is 0 Å². The first kappa shape index (κ1) is 22.8. The van der Waals surface area contributed by atoms with Gasteiger partial charge in [-0.3, -0.25) is 14.4 Å². The molecule has 3 amide bonds. The number of hydrogen-bond donors (Lipinski definition) is 1. The lowest BCUT2D eigenvalue weighted by molar-refractivity contribution is -0.144. The maximum Gasteiger partial charge on any atom is 0.250 e. The zero-order chi connectivity index (χ0) is 23.6. The maximum absolute atomic E-state index is 13.7. The van der Waals surface area contributed by atoms with Crippen molar-refractivity contribution in [2.24, 2.45) is 5.41 Å². The van der Waals surface area contributed by atoms with Gasteiger partial charge in [0.1, 0.15) is 12.1 Å². The third-order valence-corrected chi connectivity index (χ3v) is 6.49.